The van der Waals surface area contributed by atoms with Crippen molar-refractivity contribution in [2.45, 2.75) is 26.3 Å². The predicted octanol–water partition coefficient (Wildman–Crippen LogP) is 1.27. The monoisotopic (exact) mass is 269 g/mol. The second kappa shape index (κ2) is 5.20. The van der Waals surface area contributed by atoms with E-state index in [0.717, 1.165) is 29.1 Å². The van der Waals surface area contributed by atoms with Gasteiger partial charge in [0, 0.05) is 31.1 Å². The summed E-state index contributed by atoms with van der Waals surface area (Å²) in [6.07, 6.45) is 7.54. The number of fused-ring (bicyclic) bond motifs is 1. The molecule has 0 spiro atoms. The summed E-state index contributed by atoms with van der Waals surface area (Å²) in [5.41, 5.74) is 3.51. The predicted molar refractivity (Wildman–Crippen MR) is 74.3 cm³/mol. The van der Waals surface area contributed by atoms with Crippen LogP contribution in [-0.2, 0) is 6.42 Å². The zero-order valence-corrected chi connectivity index (χ0v) is 11.4. The van der Waals surface area contributed by atoms with Gasteiger partial charge in [0.05, 0.1) is 17.1 Å². The first-order valence-electron chi connectivity index (χ1n) is 6.41. The number of aromatic nitrogens is 6. The number of nitrogens with one attached hydrogen (secondary N) is 1. The fourth-order valence-corrected chi connectivity index (χ4v) is 2.12. The van der Waals surface area contributed by atoms with Crippen LogP contribution < -0.4 is 5.32 Å². The van der Waals surface area contributed by atoms with E-state index in [-0.39, 0.29) is 6.04 Å². The molecule has 0 amide bonds. The second-order valence-corrected chi connectivity index (χ2v) is 4.74. The molecule has 1 unspecified atom stereocenters. The van der Waals surface area contributed by atoms with Gasteiger partial charge in [-0.25, -0.2) is 0 Å². The van der Waals surface area contributed by atoms with Gasteiger partial charge in [-0.1, -0.05) is 0 Å². The Morgan fingerprint density at radius 1 is 1.35 bits per heavy atom. The van der Waals surface area contributed by atoms with Crippen molar-refractivity contribution in [1.29, 1.82) is 0 Å². The lowest BCUT2D eigenvalue weighted by molar-refractivity contribution is 0.762. The van der Waals surface area contributed by atoms with Gasteiger partial charge in [0.2, 0.25) is 5.65 Å². The molecule has 0 fully saturated rings. The van der Waals surface area contributed by atoms with Crippen molar-refractivity contribution in [2.75, 3.05) is 5.32 Å². The Balaban J connectivity index is 1.80. The first-order chi connectivity index (χ1) is 9.72. The highest BCUT2D eigenvalue weighted by molar-refractivity contribution is 5.66. The first kappa shape index (κ1) is 12.5. The Labute approximate surface area is 116 Å². The summed E-state index contributed by atoms with van der Waals surface area (Å²) in [4.78, 5) is 8.36. The third kappa shape index (κ3) is 2.56. The van der Waals surface area contributed by atoms with Crippen molar-refractivity contribution >= 4 is 11.3 Å². The molecule has 0 aromatic carbocycles. The maximum atomic E-state index is 4.32. The van der Waals surface area contributed by atoms with Crippen molar-refractivity contribution in [2.24, 2.45) is 0 Å². The molecule has 0 aliphatic rings. The molecular weight excluding hydrogens is 254 g/mol. The molecule has 0 saturated heterocycles. The van der Waals surface area contributed by atoms with Crippen LogP contribution >= 0.6 is 0 Å². The Hall–Kier alpha value is -2.57. The van der Waals surface area contributed by atoms with E-state index in [1.54, 1.807) is 29.4 Å². The highest BCUT2D eigenvalue weighted by atomic mass is 15.3. The van der Waals surface area contributed by atoms with Gasteiger partial charge in [0.1, 0.15) is 6.33 Å². The van der Waals surface area contributed by atoms with E-state index < -0.39 is 0 Å². The van der Waals surface area contributed by atoms with Crippen molar-refractivity contribution < 1.29 is 0 Å². The Kier molecular flexibility index (Phi) is 3.24. The summed E-state index contributed by atoms with van der Waals surface area (Å²) < 4.78 is 1.67. The minimum atomic E-state index is 0.203. The fraction of sp³-hybridized carbons (Fsp3) is 0.308. The number of anilines is 1. The quantitative estimate of drug-likeness (QED) is 0.768. The van der Waals surface area contributed by atoms with Crippen LogP contribution in [0.25, 0.3) is 5.65 Å². The lowest BCUT2D eigenvalue weighted by atomic mass is 10.2. The number of rotatable bonds is 4. The number of aryl methyl sites for hydroxylation is 1. The van der Waals surface area contributed by atoms with Crippen molar-refractivity contribution in [1.82, 2.24) is 29.8 Å². The van der Waals surface area contributed by atoms with Gasteiger partial charge in [-0.3, -0.25) is 9.97 Å². The summed E-state index contributed by atoms with van der Waals surface area (Å²) in [7, 11) is 0. The van der Waals surface area contributed by atoms with E-state index in [2.05, 4.69) is 37.5 Å². The van der Waals surface area contributed by atoms with Crippen LogP contribution in [0.15, 0.2) is 31.0 Å². The maximum absolute atomic E-state index is 4.32. The molecule has 102 valence electrons. The van der Waals surface area contributed by atoms with E-state index in [1.807, 2.05) is 13.0 Å². The normalized spacial score (nSPS) is 12.5. The lowest BCUT2D eigenvalue weighted by Gasteiger charge is -2.15. The summed E-state index contributed by atoms with van der Waals surface area (Å²) in [6, 6.07) is 2.17. The summed E-state index contributed by atoms with van der Waals surface area (Å²) in [6.45, 7) is 4.04. The Morgan fingerprint density at radius 2 is 2.25 bits per heavy atom. The van der Waals surface area contributed by atoms with Crippen LogP contribution in [0.4, 0.5) is 5.69 Å². The van der Waals surface area contributed by atoms with Gasteiger partial charge in [0.15, 0.2) is 0 Å². The Morgan fingerprint density at radius 3 is 3.05 bits per heavy atom. The molecule has 0 bridgehead atoms. The second-order valence-electron chi connectivity index (χ2n) is 4.74. The van der Waals surface area contributed by atoms with Gasteiger partial charge in [-0.15, -0.1) is 10.2 Å². The lowest BCUT2D eigenvalue weighted by Crippen LogP contribution is -2.19. The molecule has 7 nitrogen and oxygen atoms in total. The summed E-state index contributed by atoms with van der Waals surface area (Å²) in [5.74, 6) is 0. The molecule has 3 aromatic heterocycles. The molecule has 3 rings (SSSR count). The van der Waals surface area contributed by atoms with Gasteiger partial charge in [0.25, 0.3) is 0 Å². The molecule has 0 aliphatic carbocycles. The van der Waals surface area contributed by atoms with Crippen LogP contribution in [-0.4, -0.2) is 35.8 Å². The molecule has 7 heteroatoms. The molecule has 0 radical (unpaired) electrons. The van der Waals surface area contributed by atoms with E-state index in [1.165, 1.54) is 0 Å². The smallest absolute Gasteiger partial charge is 0.200 e. The topological polar surface area (TPSA) is 80.9 Å². The van der Waals surface area contributed by atoms with Gasteiger partial charge >= 0.3 is 0 Å². The molecule has 0 aliphatic heterocycles. The largest absolute Gasteiger partial charge is 0.379 e. The minimum absolute atomic E-state index is 0.203. The third-order valence-electron chi connectivity index (χ3n) is 2.92. The van der Waals surface area contributed by atoms with Crippen LogP contribution in [0.3, 0.4) is 0 Å². The van der Waals surface area contributed by atoms with Crippen molar-refractivity contribution in [3.63, 3.8) is 0 Å². The number of hydrogen-bond donors (Lipinski definition) is 1. The average Bonchev–Trinajstić information content (AvgIpc) is 2.88. The average molecular weight is 269 g/mol. The Bertz CT molecular complexity index is 707. The molecule has 20 heavy (non-hydrogen) atoms. The molecular formula is C13H15N7. The van der Waals surface area contributed by atoms with Crippen LogP contribution in [0.1, 0.15) is 18.3 Å². The summed E-state index contributed by atoms with van der Waals surface area (Å²) in [5, 5.41) is 15.7. The van der Waals surface area contributed by atoms with E-state index in [0.29, 0.717) is 0 Å². The third-order valence-corrected chi connectivity index (χ3v) is 2.92. The highest BCUT2D eigenvalue weighted by Crippen LogP contribution is 2.16. The molecule has 0 saturated carbocycles. The van der Waals surface area contributed by atoms with E-state index >= 15 is 0 Å². The SMILES string of the molecule is Cc1cc(NC(C)Cc2cnccn2)c2nncn2n1. The summed E-state index contributed by atoms with van der Waals surface area (Å²) >= 11 is 0. The van der Waals surface area contributed by atoms with Crippen molar-refractivity contribution in [3.8, 4) is 0 Å². The van der Waals surface area contributed by atoms with Gasteiger partial charge in [-0.05, 0) is 19.9 Å². The number of nitrogens with zero attached hydrogens (tertiary/aromatic N) is 6. The van der Waals surface area contributed by atoms with Crippen LogP contribution in [0, 0.1) is 6.92 Å². The highest BCUT2D eigenvalue weighted by Gasteiger charge is 2.10. The first-order valence-corrected chi connectivity index (χ1v) is 6.41. The van der Waals surface area contributed by atoms with E-state index in [9.17, 15) is 0 Å². The molecule has 1 atom stereocenters. The molecule has 3 aromatic rings. The van der Waals surface area contributed by atoms with Gasteiger partial charge in [-0.2, -0.15) is 9.61 Å². The van der Waals surface area contributed by atoms with E-state index in [4.69, 9.17) is 0 Å². The van der Waals surface area contributed by atoms with Crippen LogP contribution in [0.5, 0.6) is 0 Å². The molecule has 3 heterocycles. The maximum Gasteiger partial charge on any atom is 0.200 e. The minimum Gasteiger partial charge on any atom is -0.379 e. The van der Waals surface area contributed by atoms with Gasteiger partial charge < -0.3 is 5.32 Å². The zero-order chi connectivity index (χ0) is 13.9. The van der Waals surface area contributed by atoms with Crippen molar-refractivity contribution in [3.05, 3.63) is 42.4 Å². The number of hydrogen-bond acceptors (Lipinski definition) is 6. The molecule has 1 N–H and O–H groups in total. The fourth-order valence-electron chi connectivity index (χ4n) is 2.12. The standard InChI is InChI=1S/C13H15N7/c1-9(5-11-7-14-3-4-15-11)17-12-6-10(2)19-20-8-16-18-13(12)20/h3-4,6-9,17H,5H2,1-2H3. The van der Waals surface area contributed by atoms with Crippen LogP contribution in [0.2, 0.25) is 0 Å². The zero-order valence-electron chi connectivity index (χ0n) is 11.4.